The zero-order chi connectivity index (χ0) is 27.1. The van der Waals surface area contributed by atoms with Gasteiger partial charge in [-0.1, -0.05) is 6.07 Å². The maximum atomic E-state index is 9.61. The van der Waals surface area contributed by atoms with Gasteiger partial charge in [-0.05, 0) is 37.6 Å². The van der Waals surface area contributed by atoms with Gasteiger partial charge in [0.05, 0.1) is 23.3 Å². The summed E-state index contributed by atoms with van der Waals surface area (Å²) >= 11 is 0. The van der Waals surface area contributed by atoms with Crippen molar-refractivity contribution in [3.63, 3.8) is 0 Å². The van der Waals surface area contributed by atoms with Crippen molar-refractivity contribution in [2.45, 2.75) is 32.1 Å². The molecule has 202 valence electrons. The SMILES string of the molecule is Bc1ccc2c(N3C[C@H](CN4CCN(c5nc(C)cc(N6CC(N)C6)n5)CC4)O[C@H](C)C3)ccc(C#N)c2n1. The first-order valence-electron chi connectivity index (χ1n) is 13.9. The summed E-state index contributed by atoms with van der Waals surface area (Å²) in [5.74, 6) is 1.79. The van der Waals surface area contributed by atoms with E-state index in [1.807, 2.05) is 33.0 Å². The van der Waals surface area contributed by atoms with Crippen LogP contribution in [0.5, 0.6) is 0 Å². The monoisotopic (exact) mass is 525 g/mol. The predicted octanol–water partition coefficient (Wildman–Crippen LogP) is 0.0265. The van der Waals surface area contributed by atoms with Crippen molar-refractivity contribution in [3.05, 3.63) is 41.6 Å². The van der Waals surface area contributed by atoms with Gasteiger partial charge >= 0.3 is 0 Å². The fourth-order valence-electron chi connectivity index (χ4n) is 5.97. The maximum absolute atomic E-state index is 9.61. The molecular formula is C28H36BN9O. The molecule has 0 amide bonds. The Hall–Kier alpha value is -3.46. The number of benzene rings is 1. The Balaban J connectivity index is 1.11. The molecule has 3 fully saturated rings. The molecule has 0 saturated carbocycles. The molecule has 6 rings (SSSR count). The smallest absolute Gasteiger partial charge is 0.227 e. The fourth-order valence-corrected chi connectivity index (χ4v) is 5.97. The molecule has 11 heteroatoms. The second kappa shape index (κ2) is 10.6. The Morgan fingerprint density at radius 2 is 1.79 bits per heavy atom. The summed E-state index contributed by atoms with van der Waals surface area (Å²) in [6.07, 6.45) is 0.213. The number of hydrogen-bond donors (Lipinski definition) is 1. The topological polar surface area (TPSA) is 111 Å². The van der Waals surface area contributed by atoms with Crippen LogP contribution in [0.15, 0.2) is 30.3 Å². The number of morpholine rings is 1. The first-order chi connectivity index (χ1) is 18.9. The van der Waals surface area contributed by atoms with E-state index in [1.54, 1.807) is 0 Å². The van der Waals surface area contributed by atoms with E-state index in [-0.39, 0.29) is 18.2 Å². The lowest BCUT2D eigenvalue weighted by Gasteiger charge is -2.42. The second-order valence-electron chi connectivity index (χ2n) is 11.2. The fraction of sp³-hybridized carbons (Fsp3) is 0.500. The Bertz CT molecular complexity index is 1400. The molecule has 3 aliphatic heterocycles. The van der Waals surface area contributed by atoms with Crippen molar-refractivity contribution < 1.29 is 4.74 Å². The van der Waals surface area contributed by atoms with Crippen LogP contribution in [0, 0.1) is 18.3 Å². The molecule has 39 heavy (non-hydrogen) atoms. The van der Waals surface area contributed by atoms with Gasteiger partial charge in [0.25, 0.3) is 0 Å². The molecule has 2 N–H and O–H groups in total. The van der Waals surface area contributed by atoms with Crippen LogP contribution in [-0.2, 0) is 4.74 Å². The molecule has 2 atom stereocenters. The second-order valence-corrected chi connectivity index (χ2v) is 11.2. The van der Waals surface area contributed by atoms with E-state index >= 15 is 0 Å². The highest BCUT2D eigenvalue weighted by Crippen LogP contribution is 2.30. The highest BCUT2D eigenvalue weighted by atomic mass is 16.5. The molecule has 0 radical (unpaired) electrons. The van der Waals surface area contributed by atoms with Crippen LogP contribution < -0.4 is 26.0 Å². The molecule has 0 unspecified atom stereocenters. The zero-order valence-corrected chi connectivity index (χ0v) is 23.0. The summed E-state index contributed by atoms with van der Waals surface area (Å²) in [5, 5.41) is 10.6. The van der Waals surface area contributed by atoms with Crippen LogP contribution in [0.3, 0.4) is 0 Å². The lowest BCUT2D eigenvalue weighted by atomic mass is 10.00. The van der Waals surface area contributed by atoms with Crippen LogP contribution in [0.1, 0.15) is 18.2 Å². The zero-order valence-electron chi connectivity index (χ0n) is 23.0. The van der Waals surface area contributed by atoms with E-state index in [2.05, 4.69) is 49.7 Å². The predicted molar refractivity (Wildman–Crippen MR) is 157 cm³/mol. The number of ether oxygens (including phenoxy) is 1. The average Bonchev–Trinajstić information content (AvgIpc) is 2.90. The Kier molecular flexibility index (Phi) is 7.02. The van der Waals surface area contributed by atoms with Crippen molar-refractivity contribution in [1.29, 1.82) is 5.26 Å². The van der Waals surface area contributed by atoms with E-state index in [1.165, 1.54) is 0 Å². The Morgan fingerprint density at radius 3 is 2.54 bits per heavy atom. The standard InChI is InChI=1S/C28H36BN9O/c1-18-11-26(38-14-21(31)15-38)34-28(32-18)36-9-7-35(8-10-36)16-22-17-37(13-19(2)39-22)24-5-3-20(12-30)27-23(24)4-6-25(29)33-27/h3-6,11,19,21-22H,7-10,13-17,29,31H2,1-2H3/t19-,22+/m1/s1. The van der Waals surface area contributed by atoms with Gasteiger partial charge in [-0.3, -0.25) is 9.88 Å². The molecule has 5 heterocycles. The minimum absolute atomic E-state index is 0.0989. The first-order valence-corrected chi connectivity index (χ1v) is 13.9. The van der Waals surface area contributed by atoms with E-state index in [0.717, 1.165) is 98.5 Å². The third-order valence-electron chi connectivity index (χ3n) is 7.94. The summed E-state index contributed by atoms with van der Waals surface area (Å²) in [4.78, 5) is 23.7. The van der Waals surface area contributed by atoms with Crippen LogP contribution in [0.2, 0.25) is 0 Å². The molecule has 3 aliphatic rings. The number of rotatable bonds is 5. The molecular weight excluding hydrogens is 489 g/mol. The van der Waals surface area contributed by atoms with Gasteiger partial charge in [-0.25, -0.2) is 4.98 Å². The third-order valence-corrected chi connectivity index (χ3v) is 7.94. The van der Waals surface area contributed by atoms with Crippen molar-refractivity contribution in [1.82, 2.24) is 19.9 Å². The van der Waals surface area contributed by atoms with E-state index in [4.69, 9.17) is 20.4 Å². The number of nitrogens with two attached hydrogens (primary N) is 1. The van der Waals surface area contributed by atoms with E-state index in [9.17, 15) is 5.26 Å². The van der Waals surface area contributed by atoms with Crippen LogP contribution in [-0.4, -0.2) is 105 Å². The van der Waals surface area contributed by atoms with Crippen molar-refractivity contribution in [2.24, 2.45) is 5.73 Å². The van der Waals surface area contributed by atoms with Gasteiger partial charge in [0.1, 0.15) is 11.9 Å². The van der Waals surface area contributed by atoms with E-state index in [0.29, 0.717) is 5.56 Å². The van der Waals surface area contributed by atoms with Gasteiger partial charge in [-0.15, -0.1) is 0 Å². The lowest BCUT2D eigenvalue weighted by molar-refractivity contribution is -0.0327. The van der Waals surface area contributed by atoms with Gasteiger partial charge in [0.2, 0.25) is 5.95 Å². The Morgan fingerprint density at radius 1 is 1.00 bits per heavy atom. The molecule has 3 saturated heterocycles. The summed E-state index contributed by atoms with van der Waals surface area (Å²) in [6.45, 7) is 12.1. The van der Waals surface area contributed by atoms with Crippen LogP contribution in [0.25, 0.3) is 10.9 Å². The molecule has 3 aromatic rings. The van der Waals surface area contributed by atoms with Gasteiger partial charge in [-0.2, -0.15) is 10.2 Å². The number of piperazine rings is 1. The molecule has 0 spiro atoms. The average molecular weight is 525 g/mol. The maximum Gasteiger partial charge on any atom is 0.227 e. The van der Waals surface area contributed by atoms with Gasteiger partial charge < -0.3 is 25.2 Å². The third kappa shape index (κ3) is 5.37. The van der Waals surface area contributed by atoms with Crippen LogP contribution >= 0.6 is 0 Å². The quantitative estimate of drug-likeness (QED) is 0.458. The number of nitrogens with zero attached hydrogens (tertiary/aromatic N) is 8. The number of aromatic nitrogens is 3. The molecule has 1 aromatic carbocycles. The summed E-state index contributed by atoms with van der Waals surface area (Å²) in [7, 11) is 1.96. The number of pyridine rings is 1. The normalized spacial score (nSPS) is 22.7. The minimum Gasteiger partial charge on any atom is -0.370 e. The largest absolute Gasteiger partial charge is 0.370 e. The number of nitriles is 1. The number of anilines is 3. The number of aryl methyl sites for hydroxylation is 1. The molecule has 10 nitrogen and oxygen atoms in total. The van der Waals surface area contributed by atoms with Crippen molar-refractivity contribution in [2.75, 3.05) is 73.6 Å². The molecule has 0 bridgehead atoms. The highest BCUT2D eigenvalue weighted by Gasteiger charge is 2.30. The minimum atomic E-state index is 0.0989. The molecule has 2 aromatic heterocycles. The number of hydrogen-bond acceptors (Lipinski definition) is 10. The number of fused-ring (bicyclic) bond motifs is 1. The first kappa shape index (κ1) is 25.8. The lowest BCUT2D eigenvalue weighted by Crippen LogP contribution is -2.56. The van der Waals surface area contributed by atoms with Gasteiger partial charge in [0, 0.05) is 87.8 Å². The van der Waals surface area contributed by atoms with Crippen molar-refractivity contribution in [3.8, 4) is 6.07 Å². The summed E-state index contributed by atoms with van der Waals surface area (Å²) in [5.41, 5.74) is 10.4. The Labute approximate surface area is 230 Å². The van der Waals surface area contributed by atoms with Crippen molar-refractivity contribution >= 4 is 41.8 Å². The molecule has 0 aliphatic carbocycles. The highest BCUT2D eigenvalue weighted by molar-refractivity contribution is 6.31. The van der Waals surface area contributed by atoms with Gasteiger partial charge in [0.15, 0.2) is 7.85 Å². The summed E-state index contributed by atoms with van der Waals surface area (Å²) < 4.78 is 6.41. The van der Waals surface area contributed by atoms with E-state index < -0.39 is 0 Å². The van der Waals surface area contributed by atoms with Crippen LogP contribution in [0.4, 0.5) is 17.5 Å². The summed E-state index contributed by atoms with van der Waals surface area (Å²) in [6, 6.07) is 12.7.